The number of rotatable bonds is 25. The topological polar surface area (TPSA) is 96.2 Å². The average Bonchev–Trinajstić information content (AvgIpc) is 2.90. The maximum atomic E-state index is 12.1. The smallest absolute Gasteiger partial charge is 0.340 e. The van der Waals surface area contributed by atoms with Crippen molar-refractivity contribution in [3.63, 3.8) is 0 Å². The zero-order valence-corrected chi connectivity index (χ0v) is 24.6. The van der Waals surface area contributed by atoms with Crippen LogP contribution in [-0.2, 0) is 6.42 Å². The number of carboxylic acid groups (broad SMARTS) is 1. The van der Waals surface area contributed by atoms with E-state index in [2.05, 4.69) is 20.8 Å². The van der Waals surface area contributed by atoms with E-state index in [0.29, 0.717) is 30.9 Å². The lowest BCUT2D eigenvalue weighted by Crippen LogP contribution is -2.11. The standard InChI is InChI=1S/C32H56O6/c1-4-7-10-13-15-18-21-24-37-30-26(23-20-17-12-9-6-3)27(32(35)36)28(33)29(34)31(30)38-25-22-19-16-14-11-8-5-2/h33-34H,4-25H2,1-3H3,(H,35,36). The number of hydrogen-bond acceptors (Lipinski definition) is 5. The summed E-state index contributed by atoms with van der Waals surface area (Å²) in [6, 6.07) is 0. The van der Waals surface area contributed by atoms with E-state index in [1.807, 2.05) is 0 Å². The number of unbranched alkanes of at least 4 members (excludes halogenated alkanes) is 16. The summed E-state index contributed by atoms with van der Waals surface area (Å²) in [6.45, 7) is 7.38. The molecule has 0 heterocycles. The first-order chi connectivity index (χ1) is 18.5. The van der Waals surface area contributed by atoms with Crippen LogP contribution in [-0.4, -0.2) is 34.5 Å². The summed E-state index contributed by atoms with van der Waals surface area (Å²) >= 11 is 0. The Kier molecular flexibility index (Phi) is 19.4. The fourth-order valence-electron chi connectivity index (χ4n) is 4.85. The molecule has 3 N–H and O–H groups in total. The van der Waals surface area contributed by atoms with Crippen LogP contribution >= 0.6 is 0 Å². The number of carboxylic acids is 1. The Morgan fingerprint density at radius 3 is 1.39 bits per heavy atom. The second kappa shape index (κ2) is 21.8. The van der Waals surface area contributed by atoms with Crippen molar-refractivity contribution in [1.82, 2.24) is 0 Å². The van der Waals surface area contributed by atoms with Gasteiger partial charge in [0, 0.05) is 5.56 Å². The molecule has 38 heavy (non-hydrogen) atoms. The zero-order chi connectivity index (χ0) is 28.0. The number of phenols is 2. The molecule has 6 nitrogen and oxygen atoms in total. The Hall–Kier alpha value is -2.11. The maximum absolute atomic E-state index is 12.1. The molecule has 1 rings (SSSR count). The van der Waals surface area contributed by atoms with E-state index in [9.17, 15) is 20.1 Å². The Balaban J connectivity index is 2.99. The SMILES string of the molecule is CCCCCCCCCOc1c(O)c(O)c(C(=O)O)c(CCCCCCC)c1OCCCCCCCCC. The summed E-state index contributed by atoms with van der Waals surface area (Å²) in [7, 11) is 0. The molecule has 0 saturated heterocycles. The molecule has 0 unspecified atom stereocenters. The first-order valence-electron chi connectivity index (χ1n) is 15.6. The summed E-state index contributed by atoms with van der Waals surface area (Å²) in [4.78, 5) is 12.1. The molecule has 0 saturated carbocycles. The molecule has 0 aliphatic heterocycles. The third-order valence-electron chi connectivity index (χ3n) is 7.19. The molecule has 0 aliphatic rings. The minimum atomic E-state index is -1.26. The number of phenolic OH excluding ortho intramolecular Hbond substituents is 1. The van der Waals surface area contributed by atoms with E-state index in [0.717, 1.165) is 70.6 Å². The van der Waals surface area contributed by atoms with Gasteiger partial charge >= 0.3 is 5.97 Å². The highest BCUT2D eigenvalue weighted by Crippen LogP contribution is 2.49. The van der Waals surface area contributed by atoms with Crippen LogP contribution in [0.4, 0.5) is 0 Å². The van der Waals surface area contributed by atoms with Gasteiger partial charge in [-0.2, -0.15) is 0 Å². The van der Waals surface area contributed by atoms with E-state index in [4.69, 9.17) is 9.47 Å². The molecular weight excluding hydrogens is 480 g/mol. The molecule has 0 spiro atoms. The van der Waals surface area contributed by atoms with Gasteiger partial charge < -0.3 is 24.8 Å². The number of ether oxygens (including phenoxy) is 2. The van der Waals surface area contributed by atoms with Crippen LogP contribution in [0.25, 0.3) is 0 Å². The molecule has 0 aliphatic carbocycles. The van der Waals surface area contributed by atoms with Gasteiger partial charge in [0.2, 0.25) is 11.5 Å². The van der Waals surface area contributed by atoms with Gasteiger partial charge in [-0.3, -0.25) is 0 Å². The van der Waals surface area contributed by atoms with Gasteiger partial charge in [-0.1, -0.05) is 124 Å². The molecule has 6 heteroatoms. The highest BCUT2D eigenvalue weighted by atomic mass is 16.5. The molecule has 1 aromatic carbocycles. The van der Waals surface area contributed by atoms with Crippen LogP contribution in [0, 0.1) is 0 Å². The molecule has 0 aromatic heterocycles. The van der Waals surface area contributed by atoms with Gasteiger partial charge in [0.15, 0.2) is 11.5 Å². The van der Waals surface area contributed by atoms with Crippen molar-refractivity contribution in [2.45, 2.75) is 149 Å². The summed E-state index contributed by atoms with van der Waals surface area (Å²) < 4.78 is 12.2. The van der Waals surface area contributed by atoms with Gasteiger partial charge in [-0.15, -0.1) is 0 Å². The second-order valence-electron chi connectivity index (χ2n) is 10.6. The van der Waals surface area contributed by atoms with Crippen LogP contribution in [0.2, 0.25) is 0 Å². The maximum Gasteiger partial charge on any atom is 0.340 e. The lowest BCUT2D eigenvalue weighted by molar-refractivity contribution is 0.0690. The van der Waals surface area contributed by atoms with Crippen molar-refractivity contribution < 1.29 is 29.6 Å². The minimum absolute atomic E-state index is 0.0880. The second-order valence-corrected chi connectivity index (χ2v) is 10.6. The first kappa shape index (κ1) is 33.9. The molecule has 0 fully saturated rings. The number of aromatic carboxylic acids is 1. The minimum Gasteiger partial charge on any atom is -0.504 e. The highest BCUT2D eigenvalue weighted by Gasteiger charge is 2.29. The summed E-state index contributed by atoms with van der Waals surface area (Å²) in [5.41, 5.74) is 0.164. The van der Waals surface area contributed by atoms with Crippen molar-refractivity contribution in [3.05, 3.63) is 11.1 Å². The van der Waals surface area contributed by atoms with Gasteiger partial charge in [0.25, 0.3) is 0 Å². The summed E-state index contributed by atoms with van der Waals surface area (Å²) in [5.74, 6) is -2.04. The fraction of sp³-hybridized carbons (Fsp3) is 0.781. The van der Waals surface area contributed by atoms with Crippen molar-refractivity contribution in [1.29, 1.82) is 0 Å². The van der Waals surface area contributed by atoms with E-state index in [-0.39, 0.29) is 11.3 Å². The van der Waals surface area contributed by atoms with Gasteiger partial charge in [-0.05, 0) is 25.7 Å². The normalized spacial score (nSPS) is 11.1. The predicted octanol–water partition coefficient (Wildman–Crippen LogP) is 9.57. The first-order valence-corrected chi connectivity index (χ1v) is 15.6. The lowest BCUT2D eigenvalue weighted by atomic mass is 9.97. The molecular formula is C32H56O6. The van der Waals surface area contributed by atoms with Crippen LogP contribution in [0.15, 0.2) is 0 Å². The van der Waals surface area contributed by atoms with Crippen LogP contribution in [0.3, 0.4) is 0 Å². The molecule has 0 amide bonds. The highest BCUT2D eigenvalue weighted by molar-refractivity contribution is 5.96. The molecule has 220 valence electrons. The third kappa shape index (κ3) is 13.1. The Labute approximate surface area is 232 Å². The van der Waals surface area contributed by atoms with Gasteiger partial charge in [-0.25, -0.2) is 4.79 Å². The Morgan fingerprint density at radius 1 is 0.553 bits per heavy atom. The van der Waals surface area contributed by atoms with Gasteiger partial charge in [0.1, 0.15) is 5.56 Å². The number of aromatic hydroxyl groups is 2. The average molecular weight is 537 g/mol. The monoisotopic (exact) mass is 536 g/mol. The van der Waals surface area contributed by atoms with Gasteiger partial charge in [0.05, 0.1) is 13.2 Å². The van der Waals surface area contributed by atoms with Crippen molar-refractivity contribution in [3.8, 4) is 23.0 Å². The Bertz CT molecular complexity index is 761. The fourth-order valence-corrected chi connectivity index (χ4v) is 4.85. The number of benzene rings is 1. The van der Waals surface area contributed by atoms with E-state index >= 15 is 0 Å². The molecule has 0 bridgehead atoms. The number of carbonyl (C=O) groups is 1. The zero-order valence-electron chi connectivity index (χ0n) is 24.6. The van der Waals surface area contributed by atoms with Crippen molar-refractivity contribution in [2.75, 3.05) is 13.2 Å². The lowest BCUT2D eigenvalue weighted by Gasteiger charge is -2.21. The quantitative estimate of drug-likeness (QED) is 0.0850. The van der Waals surface area contributed by atoms with E-state index in [1.165, 1.54) is 51.4 Å². The summed E-state index contributed by atoms with van der Waals surface area (Å²) in [5, 5.41) is 31.3. The van der Waals surface area contributed by atoms with E-state index < -0.39 is 17.5 Å². The number of hydrogen-bond donors (Lipinski definition) is 3. The van der Waals surface area contributed by atoms with E-state index in [1.54, 1.807) is 0 Å². The van der Waals surface area contributed by atoms with Crippen molar-refractivity contribution >= 4 is 5.97 Å². The molecule has 0 atom stereocenters. The molecule has 1 aromatic rings. The largest absolute Gasteiger partial charge is 0.504 e. The van der Waals surface area contributed by atoms with Crippen LogP contribution < -0.4 is 9.47 Å². The third-order valence-corrected chi connectivity index (χ3v) is 7.19. The predicted molar refractivity (Wildman–Crippen MR) is 156 cm³/mol. The summed E-state index contributed by atoms with van der Waals surface area (Å²) in [6.07, 6.45) is 21.5. The Morgan fingerprint density at radius 2 is 0.947 bits per heavy atom. The molecule has 0 radical (unpaired) electrons. The van der Waals surface area contributed by atoms with Crippen molar-refractivity contribution in [2.24, 2.45) is 0 Å². The van der Waals surface area contributed by atoms with Crippen LogP contribution in [0.1, 0.15) is 159 Å². The van der Waals surface area contributed by atoms with Crippen LogP contribution in [0.5, 0.6) is 23.0 Å².